The van der Waals surface area contributed by atoms with Gasteiger partial charge in [0.15, 0.2) is 0 Å². The molecule has 0 aromatic heterocycles. The van der Waals surface area contributed by atoms with Crippen LogP contribution in [0.25, 0.3) is 0 Å². The molecule has 1 aliphatic heterocycles. The molecule has 0 amide bonds. The summed E-state index contributed by atoms with van der Waals surface area (Å²) < 4.78 is 27.1. The van der Waals surface area contributed by atoms with Crippen LogP contribution < -0.4 is 5.32 Å². The monoisotopic (exact) mass is 325 g/mol. The molecule has 2 aromatic rings. The Kier molecular flexibility index (Phi) is 5.16. The topological polar surface area (TPSA) is 32.3 Å². The average molecular weight is 326 g/mol. The summed E-state index contributed by atoms with van der Waals surface area (Å²) in [5, 5.41) is 14.5. The van der Waals surface area contributed by atoms with Gasteiger partial charge >= 0.3 is 0 Å². The van der Waals surface area contributed by atoms with Gasteiger partial charge in [-0.05, 0) is 54.8 Å². The van der Waals surface area contributed by atoms with Gasteiger partial charge in [-0.2, -0.15) is 0 Å². The molecule has 1 saturated heterocycles. The second-order valence-electron chi connectivity index (χ2n) is 5.44. The third kappa shape index (κ3) is 3.00. The molecule has 2 aromatic carbocycles. The Balaban J connectivity index is 0.00000176. The van der Waals surface area contributed by atoms with E-state index in [9.17, 15) is 13.9 Å². The predicted octanol–water partition coefficient (Wildman–Crippen LogP) is 3.37. The first kappa shape index (κ1) is 16.9. The summed E-state index contributed by atoms with van der Waals surface area (Å²) in [7, 11) is 0. The SMILES string of the molecule is Cl.OC(c1cccc(F)c1)(c1cccc(F)c1)[C@H]1CCCN1. The van der Waals surface area contributed by atoms with Gasteiger partial charge in [0.1, 0.15) is 17.2 Å². The van der Waals surface area contributed by atoms with Gasteiger partial charge in [0.25, 0.3) is 0 Å². The molecule has 0 radical (unpaired) electrons. The Morgan fingerprint density at radius 2 is 1.55 bits per heavy atom. The van der Waals surface area contributed by atoms with E-state index in [0.717, 1.165) is 19.4 Å². The summed E-state index contributed by atoms with van der Waals surface area (Å²) in [6.07, 6.45) is 1.68. The molecule has 0 bridgehead atoms. The molecule has 1 atom stereocenters. The number of benzene rings is 2. The summed E-state index contributed by atoms with van der Waals surface area (Å²) in [6.45, 7) is 0.789. The Bertz CT molecular complexity index is 599. The van der Waals surface area contributed by atoms with Crippen molar-refractivity contribution in [3.05, 3.63) is 71.3 Å². The maximum atomic E-state index is 13.6. The van der Waals surface area contributed by atoms with Crippen LogP contribution in [0.1, 0.15) is 24.0 Å². The molecule has 0 spiro atoms. The second-order valence-corrected chi connectivity index (χ2v) is 5.44. The number of hydrogen-bond donors (Lipinski definition) is 2. The van der Waals surface area contributed by atoms with Gasteiger partial charge in [0.2, 0.25) is 0 Å². The smallest absolute Gasteiger partial charge is 0.130 e. The second kappa shape index (κ2) is 6.73. The fourth-order valence-electron chi connectivity index (χ4n) is 3.06. The van der Waals surface area contributed by atoms with E-state index in [1.165, 1.54) is 24.3 Å². The number of hydrogen-bond acceptors (Lipinski definition) is 2. The lowest BCUT2D eigenvalue weighted by molar-refractivity contribution is 0.0436. The van der Waals surface area contributed by atoms with Crippen LogP contribution in [0.4, 0.5) is 8.78 Å². The lowest BCUT2D eigenvalue weighted by atomic mass is 9.79. The van der Waals surface area contributed by atoms with E-state index in [1.807, 2.05) is 0 Å². The van der Waals surface area contributed by atoms with Gasteiger partial charge in [-0.1, -0.05) is 24.3 Å². The van der Waals surface area contributed by atoms with Crippen molar-refractivity contribution in [2.24, 2.45) is 0 Å². The summed E-state index contributed by atoms with van der Waals surface area (Å²) in [4.78, 5) is 0. The molecule has 3 rings (SSSR count). The van der Waals surface area contributed by atoms with Crippen molar-refractivity contribution in [2.45, 2.75) is 24.5 Å². The first-order valence-electron chi connectivity index (χ1n) is 7.08. The highest BCUT2D eigenvalue weighted by Gasteiger charge is 2.41. The lowest BCUT2D eigenvalue weighted by Crippen LogP contribution is -2.46. The van der Waals surface area contributed by atoms with Gasteiger partial charge in [-0.25, -0.2) is 8.78 Å². The van der Waals surface area contributed by atoms with E-state index in [4.69, 9.17) is 0 Å². The summed E-state index contributed by atoms with van der Waals surface area (Å²) in [5.74, 6) is -0.833. The van der Waals surface area contributed by atoms with Gasteiger partial charge in [-0.15, -0.1) is 12.4 Å². The highest BCUT2D eigenvalue weighted by atomic mass is 35.5. The number of rotatable bonds is 3. The molecule has 5 heteroatoms. The minimum atomic E-state index is -1.44. The normalized spacial score (nSPS) is 18.0. The van der Waals surface area contributed by atoms with E-state index in [1.54, 1.807) is 24.3 Å². The maximum Gasteiger partial charge on any atom is 0.130 e. The van der Waals surface area contributed by atoms with Crippen LogP contribution in [0.2, 0.25) is 0 Å². The standard InChI is InChI=1S/C17H17F2NO.ClH/c18-14-6-1-4-12(10-14)17(21,16-8-3-9-20-16)13-5-2-7-15(19)11-13;/h1-2,4-7,10-11,16,20-21H,3,8-9H2;1H/t16-;/m1./s1. The molecule has 2 N–H and O–H groups in total. The van der Waals surface area contributed by atoms with E-state index in [2.05, 4.69) is 5.32 Å². The maximum absolute atomic E-state index is 13.6. The molecule has 0 aliphatic carbocycles. The van der Waals surface area contributed by atoms with Gasteiger partial charge < -0.3 is 10.4 Å². The van der Waals surface area contributed by atoms with Crippen LogP contribution in [0.15, 0.2) is 48.5 Å². The van der Waals surface area contributed by atoms with Crippen molar-refractivity contribution in [3.8, 4) is 0 Å². The molecule has 0 saturated carbocycles. The molecule has 1 heterocycles. The van der Waals surface area contributed by atoms with Crippen molar-refractivity contribution in [1.82, 2.24) is 5.32 Å². The first-order valence-corrected chi connectivity index (χ1v) is 7.08. The third-order valence-corrected chi connectivity index (χ3v) is 4.09. The molecule has 1 fully saturated rings. The van der Waals surface area contributed by atoms with Crippen LogP contribution in [0.3, 0.4) is 0 Å². The molecule has 2 nitrogen and oxygen atoms in total. The van der Waals surface area contributed by atoms with Crippen LogP contribution in [0.5, 0.6) is 0 Å². The van der Waals surface area contributed by atoms with Crippen molar-refractivity contribution in [3.63, 3.8) is 0 Å². The van der Waals surface area contributed by atoms with Crippen LogP contribution in [-0.2, 0) is 5.60 Å². The quantitative estimate of drug-likeness (QED) is 0.907. The molecule has 1 aliphatic rings. The zero-order valence-electron chi connectivity index (χ0n) is 11.9. The number of aliphatic hydroxyl groups is 1. The predicted molar refractivity (Wildman–Crippen MR) is 84.1 cm³/mol. The van der Waals surface area contributed by atoms with E-state index in [0.29, 0.717) is 11.1 Å². The molecular formula is C17H18ClF2NO. The van der Waals surface area contributed by atoms with E-state index >= 15 is 0 Å². The Morgan fingerprint density at radius 3 is 1.95 bits per heavy atom. The molecule has 0 unspecified atom stereocenters. The minimum absolute atomic E-state index is 0. The first-order chi connectivity index (χ1) is 10.1. The Labute approximate surface area is 134 Å². The van der Waals surface area contributed by atoms with Crippen LogP contribution >= 0.6 is 12.4 Å². The van der Waals surface area contributed by atoms with E-state index < -0.39 is 17.2 Å². The Hall–Kier alpha value is -1.49. The van der Waals surface area contributed by atoms with Gasteiger partial charge in [0.05, 0.1) is 0 Å². The highest BCUT2D eigenvalue weighted by Crippen LogP contribution is 2.37. The van der Waals surface area contributed by atoms with Gasteiger partial charge in [-0.3, -0.25) is 0 Å². The summed E-state index contributed by atoms with van der Waals surface area (Å²) in [6, 6.07) is 11.5. The fraction of sp³-hybridized carbons (Fsp3) is 0.294. The van der Waals surface area contributed by atoms with Crippen LogP contribution in [-0.4, -0.2) is 17.7 Å². The van der Waals surface area contributed by atoms with Crippen molar-refractivity contribution < 1.29 is 13.9 Å². The zero-order valence-corrected chi connectivity index (χ0v) is 12.7. The largest absolute Gasteiger partial charge is 0.379 e. The number of halogens is 3. The van der Waals surface area contributed by atoms with Crippen LogP contribution in [0, 0.1) is 11.6 Å². The lowest BCUT2D eigenvalue weighted by Gasteiger charge is -2.35. The van der Waals surface area contributed by atoms with Crippen molar-refractivity contribution in [2.75, 3.05) is 6.54 Å². The summed E-state index contributed by atoms with van der Waals surface area (Å²) >= 11 is 0. The minimum Gasteiger partial charge on any atom is -0.379 e. The zero-order chi connectivity index (χ0) is 14.9. The summed E-state index contributed by atoms with van der Waals surface area (Å²) in [5.41, 5.74) is -0.569. The molecular weight excluding hydrogens is 308 g/mol. The highest BCUT2D eigenvalue weighted by molar-refractivity contribution is 5.85. The third-order valence-electron chi connectivity index (χ3n) is 4.09. The van der Waals surface area contributed by atoms with Crippen molar-refractivity contribution in [1.29, 1.82) is 0 Å². The fourth-order valence-corrected chi connectivity index (χ4v) is 3.06. The number of nitrogens with one attached hydrogen (secondary N) is 1. The molecule has 118 valence electrons. The Morgan fingerprint density at radius 1 is 1.00 bits per heavy atom. The molecule has 22 heavy (non-hydrogen) atoms. The average Bonchev–Trinajstić information content (AvgIpc) is 3.01. The van der Waals surface area contributed by atoms with Gasteiger partial charge in [0, 0.05) is 6.04 Å². The van der Waals surface area contributed by atoms with E-state index in [-0.39, 0.29) is 18.4 Å². The van der Waals surface area contributed by atoms with Crippen molar-refractivity contribution >= 4 is 12.4 Å².